The predicted octanol–water partition coefficient (Wildman–Crippen LogP) is 1.80. The second-order valence-corrected chi connectivity index (χ2v) is 6.73. The summed E-state index contributed by atoms with van der Waals surface area (Å²) in [6.07, 6.45) is 0.641. The second-order valence-electron chi connectivity index (χ2n) is 6.73. The van der Waals surface area contributed by atoms with Gasteiger partial charge in [0.2, 0.25) is 5.91 Å². The van der Waals surface area contributed by atoms with Crippen LogP contribution in [0, 0.1) is 0 Å². The highest BCUT2D eigenvalue weighted by Crippen LogP contribution is 2.10. The number of benzene rings is 2. The van der Waals surface area contributed by atoms with E-state index in [0.717, 1.165) is 5.56 Å². The average molecular weight is 369 g/mol. The first-order chi connectivity index (χ1) is 12.9. The highest BCUT2D eigenvalue weighted by Gasteiger charge is 2.28. The standard InChI is InChI=1S/C21H27N3O3/c1-15(24(2)3)19(23-20(26)17-7-5-4-6-8-17)21(27)22-14-13-16-9-11-18(25)12-10-16/h4-12,15,19,25H,13-14H2,1-3H3,(H,22,27)(H,23,26). The van der Waals surface area contributed by atoms with Gasteiger partial charge in [0.25, 0.3) is 5.91 Å². The molecule has 2 aromatic rings. The third-order valence-corrected chi connectivity index (χ3v) is 4.55. The van der Waals surface area contributed by atoms with E-state index in [1.165, 1.54) is 0 Å². The smallest absolute Gasteiger partial charge is 0.251 e. The third-order valence-electron chi connectivity index (χ3n) is 4.55. The van der Waals surface area contributed by atoms with E-state index in [1.54, 1.807) is 36.4 Å². The number of phenols is 1. The molecule has 6 nitrogen and oxygen atoms in total. The number of aromatic hydroxyl groups is 1. The summed E-state index contributed by atoms with van der Waals surface area (Å²) in [5.74, 6) is -0.284. The molecule has 27 heavy (non-hydrogen) atoms. The van der Waals surface area contributed by atoms with Gasteiger partial charge in [0.1, 0.15) is 11.8 Å². The van der Waals surface area contributed by atoms with E-state index in [4.69, 9.17) is 0 Å². The van der Waals surface area contributed by atoms with Crippen molar-refractivity contribution in [3.05, 3.63) is 65.7 Å². The maximum atomic E-state index is 12.7. The minimum Gasteiger partial charge on any atom is -0.508 e. The van der Waals surface area contributed by atoms with E-state index in [9.17, 15) is 14.7 Å². The van der Waals surface area contributed by atoms with E-state index in [1.807, 2.05) is 44.1 Å². The van der Waals surface area contributed by atoms with Crippen molar-refractivity contribution in [3.63, 3.8) is 0 Å². The normalized spacial score (nSPS) is 13.0. The topological polar surface area (TPSA) is 81.7 Å². The van der Waals surface area contributed by atoms with Crippen molar-refractivity contribution in [2.75, 3.05) is 20.6 Å². The minimum absolute atomic E-state index is 0.175. The largest absolute Gasteiger partial charge is 0.508 e. The van der Waals surface area contributed by atoms with Crippen LogP contribution in [0.3, 0.4) is 0 Å². The number of rotatable bonds is 8. The number of phenolic OH excluding ortho intramolecular Hbond substituents is 1. The van der Waals surface area contributed by atoms with Crippen molar-refractivity contribution < 1.29 is 14.7 Å². The number of amides is 2. The molecular weight excluding hydrogens is 342 g/mol. The monoisotopic (exact) mass is 369 g/mol. The fraction of sp³-hybridized carbons (Fsp3) is 0.333. The summed E-state index contributed by atoms with van der Waals surface area (Å²) >= 11 is 0. The van der Waals surface area contributed by atoms with Crippen molar-refractivity contribution >= 4 is 11.8 Å². The quantitative estimate of drug-likeness (QED) is 0.663. The number of nitrogens with zero attached hydrogens (tertiary/aromatic N) is 1. The van der Waals surface area contributed by atoms with Gasteiger partial charge in [-0.05, 0) is 57.3 Å². The SMILES string of the molecule is CC(C(NC(=O)c1ccccc1)C(=O)NCCc1ccc(O)cc1)N(C)C. The molecular formula is C21H27N3O3. The second kappa shape index (κ2) is 9.73. The lowest BCUT2D eigenvalue weighted by molar-refractivity contribution is -0.124. The molecule has 144 valence electrons. The summed E-state index contributed by atoms with van der Waals surface area (Å²) in [5, 5.41) is 15.1. The minimum atomic E-state index is -0.674. The predicted molar refractivity (Wildman–Crippen MR) is 106 cm³/mol. The lowest BCUT2D eigenvalue weighted by Gasteiger charge is -2.29. The van der Waals surface area contributed by atoms with Crippen molar-refractivity contribution in [2.24, 2.45) is 0 Å². The first kappa shape index (κ1) is 20.5. The van der Waals surface area contributed by atoms with E-state index in [0.29, 0.717) is 18.5 Å². The van der Waals surface area contributed by atoms with E-state index in [2.05, 4.69) is 10.6 Å². The molecule has 0 fully saturated rings. The van der Waals surface area contributed by atoms with Crippen LogP contribution in [0.5, 0.6) is 5.75 Å². The van der Waals surface area contributed by atoms with Crippen molar-refractivity contribution in [3.8, 4) is 5.75 Å². The van der Waals surface area contributed by atoms with E-state index >= 15 is 0 Å². The van der Waals surface area contributed by atoms with Gasteiger partial charge >= 0.3 is 0 Å². The Morgan fingerprint density at radius 1 is 1.04 bits per heavy atom. The Morgan fingerprint density at radius 2 is 1.67 bits per heavy atom. The molecule has 0 aliphatic heterocycles. The zero-order valence-electron chi connectivity index (χ0n) is 16.0. The third kappa shape index (κ3) is 6.11. The number of carbonyl (C=O) groups excluding carboxylic acids is 2. The van der Waals surface area contributed by atoms with Crippen LogP contribution in [-0.2, 0) is 11.2 Å². The highest BCUT2D eigenvalue weighted by molar-refractivity contribution is 5.97. The van der Waals surface area contributed by atoms with Gasteiger partial charge in [0, 0.05) is 18.2 Å². The van der Waals surface area contributed by atoms with Crippen LogP contribution < -0.4 is 10.6 Å². The Labute approximate surface area is 160 Å². The molecule has 2 aromatic carbocycles. The summed E-state index contributed by atoms with van der Waals surface area (Å²) in [6.45, 7) is 2.34. The first-order valence-corrected chi connectivity index (χ1v) is 8.96. The Balaban J connectivity index is 1.98. The van der Waals surface area contributed by atoms with Crippen molar-refractivity contribution in [2.45, 2.75) is 25.4 Å². The molecule has 2 amide bonds. The van der Waals surface area contributed by atoms with Crippen molar-refractivity contribution in [1.29, 1.82) is 0 Å². The zero-order valence-corrected chi connectivity index (χ0v) is 16.0. The zero-order chi connectivity index (χ0) is 19.8. The molecule has 2 atom stereocenters. The molecule has 3 N–H and O–H groups in total. The lowest BCUT2D eigenvalue weighted by Crippen LogP contribution is -2.56. The molecule has 0 aliphatic rings. The molecule has 0 aromatic heterocycles. The first-order valence-electron chi connectivity index (χ1n) is 8.96. The summed E-state index contributed by atoms with van der Waals surface area (Å²) in [4.78, 5) is 27.1. The Bertz CT molecular complexity index is 745. The van der Waals surface area contributed by atoms with E-state index < -0.39 is 6.04 Å². The molecule has 2 unspecified atom stereocenters. The molecule has 0 saturated heterocycles. The lowest BCUT2D eigenvalue weighted by atomic mass is 10.1. The van der Waals surface area contributed by atoms with Crippen LogP contribution >= 0.6 is 0 Å². The van der Waals surface area contributed by atoms with Gasteiger partial charge in [-0.15, -0.1) is 0 Å². The molecule has 0 radical (unpaired) electrons. The van der Waals surface area contributed by atoms with Gasteiger partial charge in [-0.1, -0.05) is 30.3 Å². The van der Waals surface area contributed by atoms with Gasteiger partial charge in [0.05, 0.1) is 0 Å². The fourth-order valence-corrected chi connectivity index (χ4v) is 2.62. The van der Waals surface area contributed by atoms with Crippen LogP contribution in [0.15, 0.2) is 54.6 Å². The summed E-state index contributed by atoms with van der Waals surface area (Å²) in [7, 11) is 3.74. The molecule has 2 rings (SSSR count). The molecule has 6 heteroatoms. The van der Waals surface area contributed by atoms with Crippen LogP contribution in [0.1, 0.15) is 22.8 Å². The van der Waals surface area contributed by atoms with Gasteiger partial charge in [0.15, 0.2) is 0 Å². The van der Waals surface area contributed by atoms with Gasteiger partial charge < -0.3 is 20.6 Å². The molecule has 0 heterocycles. The van der Waals surface area contributed by atoms with Crippen molar-refractivity contribution in [1.82, 2.24) is 15.5 Å². The van der Waals surface area contributed by atoms with Crippen LogP contribution in [0.25, 0.3) is 0 Å². The number of nitrogens with one attached hydrogen (secondary N) is 2. The fourth-order valence-electron chi connectivity index (χ4n) is 2.62. The number of hydrogen-bond acceptors (Lipinski definition) is 4. The van der Waals surface area contributed by atoms with Crippen LogP contribution in [0.2, 0.25) is 0 Å². The Hall–Kier alpha value is -2.86. The maximum Gasteiger partial charge on any atom is 0.251 e. The van der Waals surface area contributed by atoms with Gasteiger partial charge in [-0.25, -0.2) is 0 Å². The average Bonchev–Trinajstić information content (AvgIpc) is 2.67. The Morgan fingerprint density at radius 3 is 2.26 bits per heavy atom. The van der Waals surface area contributed by atoms with Crippen LogP contribution in [-0.4, -0.2) is 54.5 Å². The summed E-state index contributed by atoms with van der Waals surface area (Å²) in [6, 6.07) is 14.9. The summed E-state index contributed by atoms with van der Waals surface area (Å²) < 4.78 is 0. The Kier molecular flexibility index (Phi) is 7.37. The number of likely N-dealkylation sites (N-methyl/N-ethyl adjacent to an activating group) is 1. The molecule has 0 spiro atoms. The van der Waals surface area contributed by atoms with E-state index in [-0.39, 0.29) is 23.6 Å². The molecule has 0 bridgehead atoms. The highest BCUT2D eigenvalue weighted by atomic mass is 16.3. The molecule has 0 saturated carbocycles. The molecule has 0 aliphatic carbocycles. The van der Waals surface area contributed by atoms with Gasteiger partial charge in [-0.3, -0.25) is 9.59 Å². The number of hydrogen-bond donors (Lipinski definition) is 3. The maximum absolute atomic E-state index is 12.7. The van der Waals surface area contributed by atoms with Gasteiger partial charge in [-0.2, -0.15) is 0 Å². The number of carbonyl (C=O) groups is 2. The van der Waals surface area contributed by atoms with Crippen LogP contribution in [0.4, 0.5) is 0 Å². The summed E-state index contributed by atoms with van der Waals surface area (Å²) in [5.41, 5.74) is 1.53.